The molecule has 0 bridgehead atoms. The zero-order chi connectivity index (χ0) is 25.3. The number of nitrogens with zero attached hydrogens (tertiary/aromatic N) is 3. The lowest BCUT2D eigenvalue weighted by Crippen LogP contribution is -2.42. The number of ether oxygens (including phenoxy) is 2. The smallest absolute Gasteiger partial charge is 0.407 e. The minimum Gasteiger partial charge on any atom is -0.490 e. The SMILES string of the molecule is CC(C)(C)OC(=O)NC1CCC(Oc2cc(Br)cc3ncnc(Nc4ccc5ncsc5c4)c23)CC1. The van der Waals surface area contributed by atoms with Crippen LogP contribution >= 0.6 is 27.3 Å². The molecule has 8 nitrogen and oxygen atoms in total. The fraction of sp³-hybridized carbons (Fsp3) is 0.385. The van der Waals surface area contributed by atoms with Gasteiger partial charge in [0, 0.05) is 16.2 Å². The zero-order valence-electron chi connectivity index (χ0n) is 20.4. The van der Waals surface area contributed by atoms with Crippen LogP contribution in [0.4, 0.5) is 16.3 Å². The van der Waals surface area contributed by atoms with Crippen LogP contribution in [-0.4, -0.2) is 38.8 Å². The third-order valence-electron chi connectivity index (χ3n) is 5.95. The predicted molar refractivity (Wildman–Crippen MR) is 146 cm³/mol. The number of benzene rings is 2. The lowest BCUT2D eigenvalue weighted by atomic mass is 9.93. The molecular weight excluding hydrogens is 542 g/mol. The molecule has 1 fully saturated rings. The van der Waals surface area contributed by atoms with E-state index in [0.29, 0.717) is 5.82 Å². The lowest BCUT2D eigenvalue weighted by molar-refractivity contribution is 0.0471. The Hall–Kier alpha value is -2.98. The number of thiazole rings is 1. The topological polar surface area (TPSA) is 98.3 Å². The Bertz CT molecular complexity index is 1400. The standard InChI is InChI=1S/C26H28BrN5O3S/c1-26(2,3)35-25(33)32-16-4-7-18(8-5-16)34-21-11-15(27)10-20-23(21)24(29-13-28-20)31-17-6-9-19-22(12-17)36-14-30-19/h6,9-14,16,18H,4-5,7-8H2,1-3H3,(H,32,33)(H,28,29,31). The summed E-state index contributed by atoms with van der Waals surface area (Å²) in [6, 6.07) is 10.1. The minimum absolute atomic E-state index is 0.0285. The van der Waals surface area contributed by atoms with Crippen molar-refractivity contribution in [1.82, 2.24) is 20.3 Å². The van der Waals surface area contributed by atoms with Crippen LogP contribution in [0.5, 0.6) is 5.75 Å². The first-order chi connectivity index (χ1) is 17.2. The van der Waals surface area contributed by atoms with Crippen molar-refractivity contribution in [2.45, 2.75) is 64.2 Å². The van der Waals surface area contributed by atoms with E-state index in [4.69, 9.17) is 9.47 Å². The van der Waals surface area contributed by atoms with Crippen LogP contribution in [0.15, 0.2) is 46.6 Å². The number of nitrogens with one attached hydrogen (secondary N) is 2. The van der Waals surface area contributed by atoms with Crippen molar-refractivity contribution in [3.05, 3.63) is 46.6 Å². The Kier molecular flexibility index (Phi) is 6.98. The maximum atomic E-state index is 12.1. The summed E-state index contributed by atoms with van der Waals surface area (Å²) in [4.78, 5) is 25.5. The third kappa shape index (κ3) is 5.87. The summed E-state index contributed by atoms with van der Waals surface area (Å²) in [7, 11) is 0. The first kappa shape index (κ1) is 24.7. The molecule has 5 rings (SSSR count). The van der Waals surface area contributed by atoms with E-state index < -0.39 is 5.60 Å². The molecule has 0 saturated heterocycles. The van der Waals surface area contributed by atoms with Gasteiger partial charge in [-0.3, -0.25) is 0 Å². The Morgan fingerprint density at radius 1 is 1.06 bits per heavy atom. The molecule has 2 aromatic carbocycles. The van der Waals surface area contributed by atoms with E-state index in [1.165, 1.54) is 0 Å². The van der Waals surface area contributed by atoms with Gasteiger partial charge in [-0.2, -0.15) is 0 Å². The first-order valence-corrected chi connectivity index (χ1v) is 13.6. The minimum atomic E-state index is -0.508. The molecule has 0 atom stereocenters. The second-order valence-electron chi connectivity index (χ2n) is 9.92. The summed E-state index contributed by atoms with van der Waals surface area (Å²) in [5.74, 6) is 1.41. The lowest BCUT2D eigenvalue weighted by Gasteiger charge is -2.30. The largest absolute Gasteiger partial charge is 0.490 e. The summed E-state index contributed by atoms with van der Waals surface area (Å²) in [6.45, 7) is 5.60. The van der Waals surface area contributed by atoms with Crippen LogP contribution in [0.2, 0.25) is 0 Å². The number of anilines is 2. The fourth-order valence-electron chi connectivity index (χ4n) is 4.36. The van der Waals surface area contributed by atoms with Gasteiger partial charge >= 0.3 is 6.09 Å². The highest BCUT2D eigenvalue weighted by molar-refractivity contribution is 9.10. The number of amides is 1. The van der Waals surface area contributed by atoms with Crippen LogP contribution in [0.1, 0.15) is 46.5 Å². The number of fused-ring (bicyclic) bond motifs is 2. The van der Waals surface area contributed by atoms with Crippen LogP contribution in [0.3, 0.4) is 0 Å². The maximum Gasteiger partial charge on any atom is 0.407 e. The molecule has 0 unspecified atom stereocenters. The van der Waals surface area contributed by atoms with Gasteiger partial charge in [-0.05, 0) is 76.8 Å². The van der Waals surface area contributed by atoms with E-state index in [0.717, 1.165) is 62.7 Å². The maximum absolute atomic E-state index is 12.1. The number of carbonyl (C=O) groups excluding carboxylic acids is 1. The molecule has 1 saturated carbocycles. The number of alkyl carbamates (subject to hydrolysis) is 1. The van der Waals surface area contributed by atoms with Gasteiger partial charge in [0.2, 0.25) is 0 Å². The summed E-state index contributed by atoms with van der Waals surface area (Å²) >= 11 is 5.20. The van der Waals surface area contributed by atoms with Crippen molar-refractivity contribution < 1.29 is 14.3 Å². The van der Waals surface area contributed by atoms with E-state index >= 15 is 0 Å². The number of hydrogen-bond acceptors (Lipinski definition) is 8. The molecule has 2 aromatic heterocycles. The zero-order valence-corrected chi connectivity index (χ0v) is 22.8. The van der Waals surface area contributed by atoms with Crippen LogP contribution in [0.25, 0.3) is 21.1 Å². The molecule has 188 valence electrons. The van der Waals surface area contributed by atoms with Gasteiger partial charge in [-0.25, -0.2) is 19.7 Å². The molecule has 0 aliphatic heterocycles. The molecule has 4 aromatic rings. The second kappa shape index (κ2) is 10.2. The molecule has 36 heavy (non-hydrogen) atoms. The number of halogens is 1. The van der Waals surface area contributed by atoms with Crippen molar-refractivity contribution in [3.8, 4) is 5.75 Å². The van der Waals surface area contributed by atoms with Gasteiger partial charge in [0.15, 0.2) is 0 Å². The molecule has 1 aliphatic carbocycles. The average molecular weight is 571 g/mol. The Balaban J connectivity index is 1.32. The number of carbonyl (C=O) groups is 1. The summed E-state index contributed by atoms with van der Waals surface area (Å²) in [6.07, 6.45) is 4.52. The first-order valence-electron chi connectivity index (χ1n) is 11.9. The van der Waals surface area contributed by atoms with Crippen molar-refractivity contribution in [2.24, 2.45) is 0 Å². The Morgan fingerprint density at radius 3 is 2.64 bits per heavy atom. The molecule has 1 amide bonds. The second-order valence-corrected chi connectivity index (χ2v) is 11.7. The highest BCUT2D eigenvalue weighted by Crippen LogP contribution is 2.37. The third-order valence-corrected chi connectivity index (χ3v) is 7.20. The molecule has 0 spiro atoms. The molecule has 0 radical (unpaired) electrons. The van der Waals surface area contributed by atoms with E-state index in [-0.39, 0.29) is 18.2 Å². The van der Waals surface area contributed by atoms with Crippen LogP contribution in [0, 0.1) is 0 Å². The molecule has 2 N–H and O–H groups in total. The highest BCUT2D eigenvalue weighted by atomic mass is 79.9. The van der Waals surface area contributed by atoms with Crippen molar-refractivity contribution in [3.63, 3.8) is 0 Å². The highest BCUT2D eigenvalue weighted by Gasteiger charge is 2.26. The van der Waals surface area contributed by atoms with Gasteiger partial charge in [-0.15, -0.1) is 11.3 Å². The van der Waals surface area contributed by atoms with Crippen molar-refractivity contribution in [2.75, 3.05) is 5.32 Å². The Labute approximate surface area is 222 Å². The van der Waals surface area contributed by atoms with Crippen LogP contribution in [-0.2, 0) is 4.74 Å². The quantitative estimate of drug-likeness (QED) is 0.268. The van der Waals surface area contributed by atoms with Crippen molar-refractivity contribution in [1.29, 1.82) is 0 Å². The molecule has 2 heterocycles. The van der Waals surface area contributed by atoms with E-state index in [2.05, 4.69) is 47.6 Å². The Morgan fingerprint density at radius 2 is 1.86 bits per heavy atom. The average Bonchev–Trinajstić information content (AvgIpc) is 3.27. The molecule has 10 heteroatoms. The van der Waals surface area contributed by atoms with Gasteiger partial charge < -0.3 is 20.1 Å². The number of hydrogen-bond donors (Lipinski definition) is 2. The molecule has 1 aliphatic rings. The fourth-order valence-corrected chi connectivity index (χ4v) is 5.50. The van der Waals surface area contributed by atoms with Gasteiger partial charge in [-0.1, -0.05) is 15.9 Å². The van der Waals surface area contributed by atoms with Gasteiger partial charge in [0.1, 0.15) is 23.5 Å². The van der Waals surface area contributed by atoms with E-state index in [1.54, 1.807) is 17.7 Å². The van der Waals surface area contributed by atoms with Gasteiger partial charge in [0.05, 0.1) is 32.7 Å². The predicted octanol–water partition coefficient (Wildman–Crippen LogP) is 6.96. The van der Waals surface area contributed by atoms with E-state index in [9.17, 15) is 4.79 Å². The van der Waals surface area contributed by atoms with Crippen LogP contribution < -0.4 is 15.4 Å². The summed E-state index contributed by atoms with van der Waals surface area (Å²) in [5, 5.41) is 7.26. The summed E-state index contributed by atoms with van der Waals surface area (Å²) in [5.41, 5.74) is 4.02. The molecular formula is C26H28BrN5O3S. The van der Waals surface area contributed by atoms with Crippen molar-refractivity contribution >= 4 is 66.0 Å². The normalized spacial score (nSPS) is 18.2. The number of rotatable bonds is 5. The monoisotopic (exact) mass is 569 g/mol. The van der Waals surface area contributed by atoms with E-state index in [1.807, 2.05) is 50.5 Å². The van der Waals surface area contributed by atoms with Gasteiger partial charge in [0.25, 0.3) is 0 Å². The summed E-state index contributed by atoms with van der Waals surface area (Å²) < 4.78 is 13.9. The number of aromatic nitrogens is 3.